The Morgan fingerprint density at radius 3 is 2.61 bits per heavy atom. The number of hydrogen-bond donors (Lipinski definition) is 1. The van der Waals surface area contributed by atoms with Gasteiger partial charge in [0.05, 0.1) is 6.04 Å². The third-order valence-electron chi connectivity index (χ3n) is 8.00. The first kappa shape index (κ1) is 20.8. The molecule has 5 heteroatoms. The zero-order valence-corrected chi connectivity index (χ0v) is 19.2. The first-order valence-corrected chi connectivity index (χ1v) is 12.6. The van der Waals surface area contributed by atoms with Crippen LogP contribution in [0.15, 0.2) is 66.2 Å². The number of fused-ring (bicyclic) bond motifs is 6. The summed E-state index contributed by atoms with van der Waals surface area (Å²) in [5.41, 5.74) is 2.33. The summed E-state index contributed by atoms with van der Waals surface area (Å²) >= 11 is 0. The summed E-state index contributed by atoms with van der Waals surface area (Å²) in [5.74, 6) is 2.83. The molecule has 4 aliphatic rings. The molecular weight excluding hydrogens is 410 g/mol. The number of carbonyl (C=O) groups is 1. The van der Waals surface area contributed by atoms with Crippen LogP contribution in [0.4, 0.5) is 10.5 Å². The molecule has 6 rings (SSSR count). The van der Waals surface area contributed by atoms with Crippen molar-refractivity contribution in [3.63, 3.8) is 0 Å². The number of nitrogens with one attached hydrogen (secondary N) is 1. The van der Waals surface area contributed by atoms with Gasteiger partial charge in [0.2, 0.25) is 0 Å². The van der Waals surface area contributed by atoms with Crippen molar-refractivity contribution in [3.8, 4) is 11.5 Å². The van der Waals surface area contributed by atoms with Crippen LogP contribution in [0.2, 0.25) is 0 Å². The average molecular weight is 444 g/mol. The Kier molecular flexibility index (Phi) is 5.58. The lowest BCUT2D eigenvalue weighted by Gasteiger charge is -2.54. The average Bonchev–Trinajstić information content (AvgIpc) is 2.85. The topological polar surface area (TPSA) is 44.8 Å². The smallest absolute Gasteiger partial charge is 0.322 e. The van der Waals surface area contributed by atoms with E-state index in [2.05, 4.69) is 21.2 Å². The lowest BCUT2D eigenvalue weighted by molar-refractivity contribution is 0.00908. The van der Waals surface area contributed by atoms with E-state index in [9.17, 15) is 4.79 Å². The maximum atomic E-state index is 13.4. The Hall–Kier alpha value is -2.79. The van der Waals surface area contributed by atoms with Crippen LogP contribution in [-0.4, -0.2) is 47.5 Å². The largest absolute Gasteiger partial charge is 0.457 e. The molecule has 2 bridgehead atoms. The number of para-hydroxylation sites is 1. The lowest BCUT2D eigenvalue weighted by atomic mass is 9.68. The minimum atomic E-state index is 0.0292. The number of benzene rings is 2. The molecule has 3 heterocycles. The highest BCUT2D eigenvalue weighted by Crippen LogP contribution is 2.45. The van der Waals surface area contributed by atoms with Crippen LogP contribution in [0.1, 0.15) is 38.5 Å². The van der Waals surface area contributed by atoms with E-state index in [0.717, 1.165) is 49.2 Å². The van der Waals surface area contributed by atoms with Crippen molar-refractivity contribution in [2.24, 2.45) is 11.8 Å². The SMILES string of the molecule is O=C(Nc1ccc(Oc2ccccc2)cc1)N1CCCC2=C[C@H]3C[C@@H](CN4CCCCC34)C21. The maximum absolute atomic E-state index is 13.4. The summed E-state index contributed by atoms with van der Waals surface area (Å²) in [7, 11) is 0. The molecule has 5 nitrogen and oxygen atoms in total. The summed E-state index contributed by atoms with van der Waals surface area (Å²) in [4.78, 5) is 18.2. The fourth-order valence-corrected chi connectivity index (χ4v) is 6.63. The Balaban J connectivity index is 1.15. The number of urea groups is 1. The molecule has 0 saturated carbocycles. The fraction of sp³-hybridized carbons (Fsp3) is 0.464. The van der Waals surface area contributed by atoms with Gasteiger partial charge in [-0.3, -0.25) is 4.90 Å². The van der Waals surface area contributed by atoms with Crippen LogP contribution < -0.4 is 10.1 Å². The number of nitrogens with zero attached hydrogens (tertiary/aromatic N) is 2. The van der Waals surface area contributed by atoms with Gasteiger partial charge in [-0.15, -0.1) is 0 Å². The van der Waals surface area contributed by atoms with Gasteiger partial charge in [-0.25, -0.2) is 4.79 Å². The highest BCUT2D eigenvalue weighted by atomic mass is 16.5. The minimum Gasteiger partial charge on any atom is -0.457 e. The van der Waals surface area contributed by atoms with Gasteiger partial charge in [0.15, 0.2) is 0 Å². The first-order valence-electron chi connectivity index (χ1n) is 12.6. The monoisotopic (exact) mass is 443 g/mol. The van der Waals surface area contributed by atoms with E-state index in [1.54, 1.807) is 0 Å². The molecule has 0 radical (unpaired) electrons. The number of ether oxygens (including phenoxy) is 1. The predicted molar refractivity (Wildman–Crippen MR) is 131 cm³/mol. The van der Waals surface area contributed by atoms with E-state index in [4.69, 9.17) is 4.74 Å². The Labute approximate surface area is 196 Å². The highest BCUT2D eigenvalue weighted by Gasteiger charge is 2.46. The van der Waals surface area contributed by atoms with Crippen molar-refractivity contribution >= 4 is 11.7 Å². The van der Waals surface area contributed by atoms with Crippen LogP contribution in [-0.2, 0) is 0 Å². The van der Waals surface area contributed by atoms with Gasteiger partial charge < -0.3 is 15.0 Å². The van der Waals surface area contributed by atoms with Crippen LogP contribution in [0.25, 0.3) is 0 Å². The number of anilines is 1. The second-order valence-electron chi connectivity index (χ2n) is 10.1. The van der Waals surface area contributed by atoms with Crippen molar-refractivity contribution in [3.05, 3.63) is 66.2 Å². The molecule has 3 fully saturated rings. The Bertz CT molecular complexity index is 1020. The highest BCUT2D eigenvalue weighted by molar-refractivity contribution is 5.90. The summed E-state index contributed by atoms with van der Waals surface area (Å²) in [6, 6.07) is 18.4. The molecule has 172 valence electrons. The van der Waals surface area contributed by atoms with Crippen molar-refractivity contribution in [1.82, 2.24) is 9.80 Å². The number of carbonyl (C=O) groups excluding carboxylic acids is 1. The van der Waals surface area contributed by atoms with E-state index in [1.165, 1.54) is 37.8 Å². The molecule has 4 atom stereocenters. The van der Waals surface area contributed by atoms with E-state index in [-0.39, 0.29) is 12.1 Å². The summed E-state index contributed by atoms with van der Waals surface area (Å²) in [5, 5.41) is 3.16. The molecule has 33 heavy (non-hydrogen) atoms. The fourth-order valence-electron chi connectivity index (χ4n) is 6.63. The van der Waals surface area contributed by atoms with Gasteiger partial charge in [-0.1, -0.05) is 36.3 Å². The van der Waals surface area contributed by atoms with E-state index >= 15 is 0 Å². The molecule has 0 aromatic heterocycles. The quantitative estimate of drug-likeness (QED) is 0.600. The van der Waals surface area contributed by atoms with Gasteiger partial charge in [-0.2, -0.15) is 0 Å². The normalized spacial score (nSPS) is 28.8. The molecule has 1 N–H and O–H groups in total. The molecule has 3 aliphatic heterocycles. The summed E-state index contributed by atoms with van der Waals surface area (Å²) < 4.78 is 5.88. The molecule has 3 saturated heterocycles. The maximum Gasteiger partial charge on any atom is 0.322 e. The number of rotatable bonds is 3. The van der Waals surface area contributed by atoms with Crippen molar-refractivity contribution in [2.75, 3.05) is 25.0 Å². The molecular formula is C28H33N3O2. The van der Waals surface area contributed by atoms with Crippen molar-refractivity contribution in [2.45, 2.75) is 50.6 Å². The molecule has 2 aromatic rings. The number of hydrogen-bond acceptors (Lipinski definition) is 3. The van der Waals surface area contributed by atoms with Crippen molar-refractivity contribution < 1.29 is 9.53 Å². The van der Waals surface area contributed by atoms with E-state index < -0.39 is 0 Å². The molecule has 0 spiro atoms. The van der Waals surface area contributed by atoms with Gasteiger partial charge >= 0.3 is 6.03 Å². The Morgan fingerprint density at radius 1 is 0.939 bits per heavy atom. The zero-order valence-electron chi connectivity index (χ0n) is 19.2. The van der Waals surface area contributed by atoms with Gasteiger partial charge in [0, 0.05) is 24.8 Å². The standard InChI is InChI=1S/C28H33N3O2/c32-28(29-23-11-13-25(14-12-23)33-24-8-2-1-3-9-24)31-16-6-7-20-17-21-18-22(27(20)31)19-30-15-5-4-10-26(21)30/h1-3,8-9,11-14,17,21-22,26-27H,4-7,10,15-16,18-19H2,(H,29,32)/t21-,22-,26?,27?/m0/s1. The lowest BCUT2D eigenvalue weighted by Crippen LogP contribution is -2.60. The second-order valence-corrected chi connectivity index (χ2v) is 10.1. The molecule has 2 amide bonds. The molecule has 2 unspecified atom stereocenters. The van der Waals surface area contributed by atoms with E-state index in [1.807, 2.05) is 54.6 Å². The van der Waals surface area contributed by atoms with Crippen LogP contribution >= 0.6 is 0 Å². The third kappa shape index (κ3) is 4.15. The number of amides is 2. The number of likely N-dealkylation sites (tertiary alicyclic amines) is 1. The first-order chi connectivity index (χ1) is 16.2. The summed E-state index contributed by atoms with van der Waals surface area (Å²) in [6.45, 7) is 3.23. The second kappa shape index (κ2) is 8.86. The Morgan fingerprint density at radius 2 is 1.76 bits per heavy atom. The van der Waals surface area contributed by atoms with Crippen LogP contribution in [0.5, 0.6) is 11.5 Å². The van der Waals surface area contributed by atoms with Crippen LogP contribution in [0.3, 0.4) is 0 Å². The van der Waals surface area contributed by atoms with Gasteiger partial charge in [0.1, 0.15) is 11.5 Å². The number of piperidine rings is 3. The molecule has 1 aliphatic carbocycles. The van der Waals surface area contributed by atoms with E-state index in [0.29, 0.717) is 11.8 Å². The molecule has 2 aromatic carbocycles. The minimum absolute atomic E-state index is 0.0292. The zero-order chi connectivity index (χ0) is 22.2. The predicted octanol–water partition coefficient (Wildman–Crippen LogP) is 5.91. The summed E-state index contributed by atoms with van der Waals surface area (Å²) in [6.07, 6.45) is 10.1. The van der Waals surface area contributed by atoms with Gasteiger partial charge in [0.25, 0.3) is 0 Å². The van der Waals surface area contributed by atoms with Gasteiger partial charge in [-0.05, 0) is 86.9 Å². The van der Waals surface area contributed by atoms with Crippen LogP contribution in [0, 0.1) is 11.8 Å². The van der Waals surface area contributed by atoms with Crippen molar-refractivity contribution in [1.29, 1.82) is 0 Å². The third-order valence-corrected chi connectivity index (χ3v) is 8.00.